The molecule has 0 unspecified atom stereocenters. The van der Waals surface area contributed by atoms with Crippen LogP contribution in [0.25, 0.3) is 10.9 Å². The third kappa shape index (κ3) is 4.68. The van der Waals surface area contributed by atoms with Crippen LogP contribution in [-0.4, -0.2) is 21.8 Å². The highest BCUT2D eigenvalue weighted by Crippen LogP contribution is 2.31. The third-order valence-electron chi connectivity index (χ3n) is 4.35. The van der Waals surface area contributed by atoms with E-state index in [9.17, 15) is 13.2 Å². The van der Waals surface area contributed by atoms with Gasteiger partial charge in [-0.15, -0.1) is 0 Å². The highest BCUT2D eigenvalue weighted by molar-refractivity contribution is 8.00. The topological polar surface area (TPSA) is 65.7 Å². The summed E-state index contributed by atoms with van der Waals surface area (Å²) in [7, 11) is 0. The van der Waals surface area contributed by atoms with E-state index in [-0.39, 0.29) is 0 Å². The molecule has 0 aliphatic carbocycles. The Kier molecular flexibility index (Phi) is 5.39. The van der Waals surface area contributed by atoms with E-state index in [2.05, 4.69) is 19.9 Å². The lowest BCUT2D eigenvalue weighted by atomic mass is 10.1. The quantitative estimate of drug-likeness (QED) is 0.339. The second-order valence-corrected chi connectivity index (χ2v) is 7.22. The first kappa shape index (κ1) is 19.3. The molecule has 4 aromatic rings. The zero-order chi connectivity index (χ0) is 20.3. The van der Waals surface area contributed by atoms with E-state index < -0.39 is 11.7 Å². The van der Waals surface area contributed by atoms with Gasteiger partial charge in [0.05, 0.1) is 29.0 Å². The van der Waals surface area contributed by atoms with Crippen molar-refractivity contribution in [3.05, 3.63) is 72.2 Å². The van der Waals surface area contributed by atoms with Gasteiger partial charge < -0.3 is 14.4 Å². The first-order valence-electron chi connectivity index (χ1n) is 8.81. The third-order valence-corrected chi connectivity index (χ3v) is 5.13. The van der Waals surface area contributed by atoms with Gasteiger partial charge in [0.25, 0.3) is 0 Å². The molecule has 0 atom stereocenters. The SMILES string of the molecule is FC(F)(F)c1ccc(CCOc2ccc3[nH]cc(NSc4cn[nH]c4)c3c2)cc1. The van der Waals surface area contributed by atoms with E-state index in [0.29, 0.717) is 18.8 Å². The largest absolute Gasteiger partial charge is 0.493 e. The van der Waals surface area contributed by atoms with Crippen molar-refractivity contribution in [2.45, 2.75) is 17.5 Å². The fourth-order valence-corrected chi connectivity index (χ4v) is 3.44. The average Bonchev–Trinajstić information content (AvgIpc) is 3.35. The van der Waals surface area contributed by atoms with E-state index in [1.165, 1.54) is 24.1 Å². The molecule has 0 bridgehead atoms. The zero-order valence-corrected chi connectivity index (χ0v) is 15.9. The molecule has 0 amide bonds. The van der Waals surface area contributed by atoms with E-state index in [4.69, 9.17) is 4.74 Å². The lowest BCUT2D eigenvalue weighted by molar-refractivity contribution is -0.137. The normalized spacial score (nSPS) is 11.7. The molecule has 0 saturated carbocycles. The van der Waals surface area contributed by atoms with Crippen molar-refractivity contribution in [2.75, 3.05) is 11.3 Å². The number of nitrogens with zero attached hydrogens (tertiary/aromatic N) is 1. The van der Waals surface area contributed by atoms with Gasteiger partial charge in [0.1, 0.15) is 5.75 Å². The van der Waals surface area contributed by atoms with Gasteiger partial charge in [-0.1, -0.05) is 12.1 Å². The van der Waals surface area contributed by atoms with Crippen molar-refractivity contribution < 1.29 is 17.9 Å². The number of rotatable bonds is 7. The monoisotopic (exact) mass is 418 g/mol. The smallest absolute Gasteiger partial charge is 0.416 e. The maximum Gasteiger partial charge on any atom is 0.416 e. The van der Waals surface area contributed by atoms with Crippen LogP contribution >= 0.6 is 11.9 Å². The molecule has 150 valence electrons. The molecule has 2 aromatic heterocycles. The van der Waals surface area contributed by atoms with Crippen molar-refractivity contribution in [3.8, 4) is 5.75 Å². The number of halogens is 3. The van der Waals surface area contributed by atoms with Gasteiger partial charge in [0.15, 0.2) is 0 Å². The van der Waals surface area contributed by atoms with Crippen LogP contribution in [0.1, 0.15) is 11.1 Å². The van der Waals surface area contributed by atoms with Crippen LogP contribution < -0.4 is 9.46 Å². The summed E-state index contributed by atoms with van der Waals surface area (Å²) in [5.41, 5.74) is 2.03. The summed E-state index contributed by atoms with van der Waals surface area (Å²) >= 11 is 1.44. The lowest BCUT2D eigenvalue weighted by Gasteiger charge is -2.09. The van der Waals surface area contributed by atoms with E-state index in [0.717, 1.165) is 39.2 Å². The number of H-pyrrole nitrogens is 2. The summed E-state index contributed by atoms with van der Waals surface area (Å²) in [5, 5.41) is 7.64. The van der Waals surface area contributed by atoms with Crippen LogP contribution in [0, 0.1) is 0 Å². The van der Waals surface area contributed by atoms with Crippen molar-refractivity contribution in [3.63, 3.8) is 0 Å². The molecular formula is C20H17F3N4OS. The Bertz CT molecular complexity index is 1080. The van der Waals surface area contributed by atoms with Crippen LogP contribution in [-0.2, 0) is 12.6 Å². The Morgan fingerprint density at radius 3 is 2.62 bits per heavy atom. The van der Waals surface area contributed by atoms with Gasteiger partial charge in [-0.25, -0.2) is 0 Å². The molecule has 0 saturated heterocycles. The van der Waals surface area contributed by atoms with Crippen molar-refractivity contribution in [1.82, 2.24) is 15.2 Å². The molecule has 0 spiro atoms. The van der Waals surface area contributed by atoms with Gasteiger partial charge in [-0.2, -0.15) is 18.3 Å². The Labute approximate surface area is 168 Å². The van der Waals surface area contributed by atoms with E-state index in [1.54, 1.807) is 12.4 Å². The number of alkyl halides is 3. The van der Waals surface area contributed by atoms with Gasteiger partial charge in [0.2, 0.25) is 0 Å². The molecule has 2 heterocycles. The van der Waals surface area contributed by atoms with Crippen LogP contribution in [0.4, 0.5) is 18.9 Å². The molecule has 5 nitrogen and oxygen atoms in total. The number of aromatic amines is 2. The molecule has 0 fully saturated rings. The van der Waals surface area contributed by atoms with Gasteiger partial charge >= 0.3 is 6.18 Å². The molecule has 0 aliphatic rings. The molecular weight excluding hydrogens is 401 g/mol. The second-order valence-electron chi connectivity index (χ2n) is 6.34. The van der Waals surface area contributed by atoms with Crippen molar-refractivity contribution in [1.29, 1.82) is 0 Å². The lowest BCUT2D eigenvalue weighted by Crippen LogP contribution is -2.05. The van der Waals surface area contributed by atoms with Crippen LogP contribution in [0.2, 0.25) is 0 Å². The molecule has 3 N–H and O–H groups in total. The summed E-state index contributed by atoms with van der Waals surface area (Å²) in [6.45, 7) is 0.369. The first-order chi connectivity index (χ1) is 14.0. The minimum Gasteiger partial charge on any atom is -0.493 e. The summed E-state index contributed by atoms with van der Waals surface area (Å²) in [6, 6.07) is 10.9. The van der Waals surface area contributed by atoms with E-state index >= 15 is 0 Å². The molecule has 0 radical (unpaired) electrons. The standard InChI is InChI=1S/C20H17F3N4OS/c21-20(22,23)14-3-1-13(2-4-14)7-8-28-15-5-6-18-17(9-15)19(12-24-18)27-29-16-10-25-26-11-16/h1-6,9-12,24,27H,7-8H2,(H,25,26). The Balaban J connectivity index is 1.37. The Morgan fingerprint density at radius 2 is 1.90 bits per heavy atom. The number of aromatic nitrogens is 3. The summed E-state index contributed by atoms with van der Waals surface area (Å²) in [4.78, 5) is 4.16. The number of anilines is 1. The Morgan fingerprint density at radius 1 is 1.07 bits per heavy atom. The number of benzene rings is 2. The highest BCUT2D eigenvalue weighted by atomic mass is 32.2. The fraction of sp³-hybridized carbons (Fsp3) is 0.150. The second kappa shape index (κ2) is 8.12. The minimum atomic E-state index is -4.32. The average molecular weight is 418 g/mol. The molecule has 2 aromatic carbocycles. The molecule has 29 heavy (non-hydrogen) atoms. The van der Waals surface area contributed by atoms with Gasteiger partial charge in [-0.3, -0.25) is 5.10 Å². The number of ether oxygens (including phenoxy) is 1. The zero-order valence-electron chi connectivity index (χ0n) is 15.1. The summed E-state index contributed by atoms with van der Waals surface area (Å²) in [5.74, 6) is 0.695. The van der Waals surface area contributed by atoms with E-state index in [1.807, 2.05) is 24.4 Å². The van der Waals surface area contributed by atoms with Crippen molar-refractivity contribution in [2.24, 2.45) is 0 Å². The summed E-state index contributed by atoms with van der Waals surface area (Å²) < 4.78 is 46.9. The maximum atomic E-state index is 12.6. The van der Waals surface area contributed by atoms with Gasteiger partial charge in [-0.05, 0) is 47.8 Å². The highest BCUT2D eigenvalue weighted by Gasteiger charge is 2.29. The number of nitrogens with one attached hydrogen (secondary N) is 3. The predicted molar refractivity (Wildman–Crippen MR) is 107 cm³/mol. The van der Waals surface area contributed by atoms with Crippen LogP contribution in [0.3, 0.4) is 0 Å². The number of hydrogen-bond acceptors (Lipinski definition) is 4. The maximum absolute atomic E-state index is 12.6. The van der Waals surface area contributed by atoms with Crippen LogP contribution in [0.5, 0.6) is 5.75 Å². The number of hydrogen-bond donors (Lipinski definition) is 3. The molecule has 9 heteroatoms. The molecule has 4 rings (SSSR count). The Hall–Kier alpha value is -3.07. The first-order valence-corrected chi connectivity index (χ1v) is 9.62. The minimum absolute atomic E-state index is 0.369. The number of fused-ring (bicyclic) bond motifs is 1. The van der Waals surface area contributed by atoms with Crippen molar-refractivity contribution >= 4 is 28.5 Å². The summed E-state index contributed by atoms with van der Waals surface area (Å²) in [6.07, 6.45) is 1.60. The molecule has 0 aliphatic heterocycles. The van der Waals surface area contributed by atoms with Crippen LogP contribution in [0.15, 0.2) is 66.0 Å². The fourth-order valence-electron chi connectivity index (χ4n) is 2.83. The predicted octanol–water partition coefficient (Wildman–Crippen LogP) is 5.65. The van der Waals surface area contributed by atoms with Gasteiger partial charge in [0, 0.05) is 29.7 Å².